The van der Waals surface area contributed by atoms with Crippen LogP contribution in [0.4, 0.5) is 0 Å². The molecule has 1 heterocycles. The average molecular weight is 229 g/mol. The SMILES string of the molecule is CNC(C)Cc1ccccc1-c1cncn1C. The zero-order chi connectivity index (χ0) is 12.3. The van der Waals surface area contributed by atoms with E-state index >= 15 is 0 Å². The van der Waals surface area contributed by atoms with Gasteiger partial charge in [-0.1, -0.05) is 24.3 Å². The predicted molar refractivity (Wildman–Crippen MR) is 70.9 cm³/mol. The van der Waals surface area contributed by atoms with Crippen LogP contribution < -0.4 is 5.32 Å². The molecule has 17 heavy (non-hydrogen) atoms. The van der Waals surface area contributed by atoms with Crippen molar-refractivity contribution < 1.29 is 0 Å². The lowest BCUT2D eigenvalue weighted by atomic mass is 9.99. The minimum atomic E-state index is 0.476. The van der Waals surface area contributed by atoms with E-state index in [0.717, 1.165) is 6.42 Å². The molecule has 0 amide bonds. The van der Waals surface area contributed by atoms with Gasteiger partial charge in [-0.3, -0.25) is 0 Å². The summed E-state index contributed by atoms with van der Waals surface area (Å²) < 4.78 is 2.06. The number of nitrogens with one attached hydrogen (secondary N) is 1. The molecular formula is C14H19N3. The van der Waals surface area contributed by atoms with Crippen molar-refractivity contribution in [2.75, 3.05) is 7.05 Å². The van der Waals surface area contributed by atoms with Crippen molar-refractivity contribution in [2.45, 2.75) is 19.4 Å². The number of likely N-dealkylation sites (N-methyl/N-ethyl adjacent to an activating group) is 1. The van der Waals surface area contributed by atoms with E-state index in [1.807, 2.05) is 26.6 Å². The van der Waals surface area contributed by atoms with Crippen LogP contribution >= 0.6 is 0 Å². The van der Waals surface area contributed by atoms with E-state index in [1.54, 1.807) is 0 Å². The van der Waals surface area contributed by atoms with E-state index < -0.39 is 0 Å². The molecule has 0 saturated carbocycles. The second-order valence-corrected chi connectivity index (χ2v) is 4.44. The van der Waals surface area contributed by atoms with Crippen molar-refractivity contribution in [3.63, 3.8) is 0 Å². The molecule has 0 saturated heterocycles. The summed E-state index contributed by atoms with van der Waals surface area (Å²) in [6, 6.07) is 9.00. The lowest BCUT2D eigenvalue weighted by molar-refractivity contribution is 0.609. The Labute approximate surface area is 103 Å². The molecule has 3 nitrogen and oxygen atoms in total. The van der Waals surface area contributed by atoms with Crippen LogP contribution in [0.5, 0.6) is 0 Å². The van der Waals surface area contributed by atoms with Gasteiger partial charge in [0.1, 0.15) is 0 Å². The molecule has 0 spiro atoms. The summed E-state index contributed by atoms with van der Waals surface area (Å²) in [6.07, 6.45) is 4.79. The third kappa shape index (κ3) is 2.56. The highest BCUT2D eigenvalue weighted by Gasteiger charge is 2.09. The Balaban J connectivity index is 2.38. The molecule has 1 aromatic heterocycles. The fraction of sp³-hybridized carbons (Fsp3) is 0.357. The van der Waals surface area contributed by atoms with E-state index in [2.05, 4.69) is 46.1 Å². The highest BCUT2D eigenvalue weighted by molar-refractivity contribution is 5.63. The van der Waals surface area contributed by atoms with Gasteiger partial charge in [-0.15, -0.1) is 0 Å². The molecule has 0 bridgehead atoms. The van der Waals surface area contributed by atoms with Gasteiger partial charge in [0.05, 0.1) is 18.2 Å². The Morgan fingerprint density at radius 3 is 2.76 bits per heavy atom. The predicted octanol–water partition coefficient (Wildman–Crippen LogP) is 2.24. The summed E-state index contributed by atoms with van der Waals surface area (Å²) in [5.41, 5.74) is 3.80. The maximum absolute atomic E-state index is 4.19. The topological polar surface area (TPSA) is 29.9 Å². The fourth-order valence-electron chi connectivity index (χ4n) is 2.00. The maximum atomic E-state index is 4.19. The summed E-state index contributed by atoms with van der Waals surface area (Å²) in [4.78, 5) is 4.19. The van der Waals surface area contributed by atoms with E-state index in [9.17, 15) is 0 Å². The van der Waals surface area contributed by atoms with Crippen molar-refractivity contribution in [3.8, 4) is 11.3 Å². The summed E-state index contributed by atoms with van der Waals surface area (Å²) in [6.45, 7) is 2.19. The smallest absolute Gasteiger partial charge is 0.0948 e. The largest absolute Gasteiger partial charge is 0.334 e. The summed E-state index contributed by atoms with van der Waals surface area (Å²) >= 11 is 0. The molecule has 0 aliphatic carbocycles. The lowest BCUT2D eigenvalue weighted by Gasteiger charge is -2.14. The van der Waals surface area contributed by atoms with Crippen molar-refractivity contribution in [1.29, 1.82) is 0 Å². The zero-order valence-electron chi connectivity index (χ0n) is 10.6. The number of hydrogen-bond donors (Lipinski definition) is 1. The minimum absolute atomic E-state index is 0.476. The number of imidazole rings is 1. The van der Waals surface area contributed by atoms with Gasteiger partial charge < -0.3 is 9.88 Å². The number of nitrogens with zero attached hydrogens (tertiary/aromatic N) is 2. The number of rotatable bonds is 4. The number of hydrogen-bond acceptors (Lipinski definition) is 2. The van der Waals surface area contributed by atoms with Gasteiger partial charge in [0, 0.05) is 18.7 Å². The first-order chi connectivity index (χ1) is 8.22. The second kappa shape index (κ2) is 5.15. The molecule has 90 valence electrons. The molecule has 0 aliphatic rings. The summed E-state index contributed by atoms with van der Waals surface area (Å²) in [5.74, 6) is 0. The molecule has 1 N–H and O–H groups in total. The van der Waals surface area contributed by atoms with Crippen molar-refractivity contribution in [1.82, 2.24) is 14.9 Å². The third-order valence-corrected chi connectivity index (χ3v) is 3.13. The van der Waals surface area contributed by atoms with Gasteiger partial charge in [0.15, 0.2) is 0 Å². The van der Waals surface area contributed by atoms with Crippen LogP contribution in [0.3, 0.4) is 0 Å². The molecule has 3 heteroatoms. The Hall–Kier alpha value is -1.61. The molecule has 0 radical (unpaired) electrons. The van der Waals surface area contributed by atoms with E-state index in [-0.39, 0.29) is 0 Å². The van der Waals surface area contributed by atoms with Crippen LogP contribution in [0.25, 0.3) is 11.3 Å². The Morgan fingerprint density at radius 1 is 1.35 bits per heavy atom. The van der Waals surface area contributed by atoms with Gasteiger partial charge in [0.2, 0.25) is 0 Å². The maximum Gasteiger partial charge on any atom is 0.0948 e. The quantitative estimate of drug-likeness (QED) is 0.871. The minimum Gasteiger partial charge on any atom is -0.334 e. The van der Waals surface area contributed by atoms with Gasteiger partial charge in [-0.05, 0) is 26.0 Å². The van der Waals surface area contributed by atoms with Gasteiger partial charge in [0.25, 0.3) is 0 Å². The first kappa shape index (κ1) is 11.9. The van der Waals surface area contributed by atoms with Crippen molar-refractivity contribution >= 4 is 0 Å². The monoisotopic (exact) mass is 229 g/mol. The van der Waals surface area contributed by atoms with E-state index in [0.29, 0.717) is 6.04 Å². The number of aryl methyl sites for hydroxylation is 1. The highest BCUT2D eigenvalue weighted by Crippen LogP contribution is 2.23. The van der Waals surface area contributed by atoms with Crippen LogP contribution in [0, 0.1) is 0 Å². The van der Waals surface area contributed by atoms with Crippen LogP contribution in [-0.4, -0.2) is 22.6 Å². The van der Waals surface area contributed by atoms with Gasteiger partial charge in [-0.2, -0.15) is 0 Å². The molecule has 2 aromatic rings. The standard InChI is InChI=1S/C14H19N3/c1-11(15-2)8-12-6-4-5-7-13(12)14-9-16-10-17(14)3/h4-7,9-11,15H,8H2,1-3H3. The third-order valence-electron chi connectivity index (χ3n) is 3.13. The Morgan fingerprint density at radius 2 is 2.12 bits per heavy atom. The van der Waals surface area contributed by atoms with Crippen LogP contribution in [0.15, 0.2) is 36.8 Å². The molecule has 2 rings (SSSR count). The second-order valence-electron chi connectivity index (χ2n) is 4.44. The fourth-order valence-corrected chi connectivity index (χ4v) is 2.00. The number of benzene rings is 1. The van der Waals surface area contributed by atoms with Gasteiger partial charge >= 0.3 is 0 Å². The Kier molecular flexibility index (Phi) is 3.59. The summed E-state index contributed by atoms with van der Waals surface area (Å²) in [5, 5.41) is 3.28. The van der Waals surface area contributed by atoms with E-state index in [4.69, 9.17) is 0 Å². The molecular weight excluding hydrogens is 210 g/mol. The molecule has 1 aromatic carbocycles. The first-order valence-electron chi connectivity index (χ1n) is 5.94. The van der Waals surface area contributed by atoms with Gasteiger partial charge in [-0.25, -0.2) is 4.98 Å². The summed E-state index contributed by atoms with van der Waals surface area (Å²) in [7, 11) is 4.03. The zero-order valence-corrected chi connectivity index (χ0v) is 10.6. The number of aromatic nitrogens is 2. The van der Waals surface area contributed by atoms with Crippen LogP contribution in [0.1, 0.15) is 12.5 Å². The molecule has 1 unspecified atom stereocenters. The van der Waals surface area contributed by atoms with Crippen molar-refractivity contribution in [2.24, 2.45) is 7.05 Å². The molecule has 0 fully saturated rings. The molecule has 0 aliphatic heterocycles. The van der Waals surface area contributed by atoms with Crippen molar-refractivity contribution in [3.05, 3.63) is 42.4 Å². The molecule has 1 atom stereocenters. The average Bonchev–Trinajstić information content (AvgIpc) is 2.76. The van der Waals surface area contributed by atoms with Crippen LogP contribution in [-0.2, 0) is 13.5 Å². The lowest BCUT2D eigenvalue weighted by Crippen LogP contribution is -2.23. The van der Waals surface area contributed by atoms with Crippen LogP contribution in [0.2, 0.25) is 0 Å². The highest BCUT2D eigenvalue weighted by atomic mass is 15.0. The Bertz CT molecular complexity index is 488. The normalized spacial score (nSPS) is 12.6. The van der Waals surface area contributed by atoms with E-state index in [1.165, 1.54) is 16.8 Å². The first-order valence-corrected chi connectivity index (χ1v) is 5.94.